The molecule has 0 fully saturated rings. The lowest BCUT2D eigenvalue weighted by Crippen LogP contribution is -2.20. The molecular weight excluding hydrogens is 393 g/mol. The first-order valence-corrected chi connectivity index (χ1v) is 8.68. The highest BCUT2D eigenvalue weighted by molar-refractivity contribution is 5.92. The van der Waals surface area contributed by atoms with E-state index in [1.165, 1.54) is 48.8 Å². The smallest absolute Gasteiger partial charge is 0.313 e. The molecule has 0 atom stereocenters. The zero-order valence-electron chi connectivity index (χ0n) is 15.5. The molecule has 0 saturated heterocycles. The van der Waals surface area contributed by atoms with E-state index in [4.69, 9.17) is 4.74 Å². The number of carbonyl (C=O) groups is 1. The predicted octanol–water partition coefficient (Wildman–Crippen LogP) is 3.59. The highest BCUT2D eigenvalue weighted by Gasteiger charge is 2.13. The number of hydrazone groups is 1. The maximum atomic E-state index is 12.9. The molecule has 152 valence electrons. The lowest BCUT2D eigenvalue weighted by molar-refractivity contribution is -0.384. The molecule has 0 aliphatic heterocycles. The summed E-state index contributed by atoms with van der Waals surface area (Å²) in [5, 5.41) is 17.6. The average Bonchev–Trinajstić information content (AvgIpc) is 2.75. The minimum Gasteiger partial charge on any atom is -0.483 e. The van der Waals surface area contributed by atoms with E-state index in [9.17, 15) is 19.3 Å². The lowest BCUT2D eigenvalue weighted by Gasteiger charge is -2.09. The van der Waals surface area contributed by atoms with Crippen molar-refractivity contribution in [3.63, 3.8) is 0 Å². The Kier molecular flexibility index (Phi) is 6.62. The summed E-state index contributed by atoms with van der Waals surface area (Å²) in [4.78, 5) is 26.4. The Hall–Kier alpha value is -4.34. The molecule has 10 heteroatoms. The number of hydrogen-bond donors (Lipinski definition) is 2. The highest BCUT2D eigenvalue weighted by atomic mass is 19.1. The van der Waals surface area contributed by atoms with Crippen LogP contribution in [0.25, 0.3) is 0 Å². The number of amides is 1. The lowest BCUT2D eigenvalue weighted by atomic mass is 10.2. The molecule has 0 aliphatic carbocycles. The van der Waals surface area contributed by atoms with E-state index in [2.05, 4.69) is 20.8 Å². The third-order valence-corrected chi connectivity index (χ3v) is 3.76. The first-order valence-electron chi connectivity index (χ1n) is 8.68. The van der Waals surface area contributed by atoms with Crippen LogP contribution in [-0.4, -0.2) is 28.6 Å². The summed E-state index contributed by atoms with van der Waals surface area (Å²) in [6.45, 7) is -0.276. The zero-order valence-corrected chi connectivity index (χ0v) is 15.5. The Balaban J connectivity index is 1.62. The first-order chi connectivity index (χ1) is 14.5. The molecule has 9 nitrogen and oxygen atoms in total. The van der Waals surface area contributed by atoms with Crippen molar-refractivity contribution >= 4 is 29.3 Å². The van der Waals surface area contributed by atoms with E-state index in [0.29, 0.717) is 17.0 Å². The number of nitrogens with zero attached hydrogens (tertiary/aromatic N) is 3. The monoisotopic (exact) mass is 409 g/mol. The van der Waals surface area contributed by atoms with Crippen LogP contribution in [-0.2, 0) is 4.79 Å². The Morgan fingerprint density at radius 1 is 1.17 bits per heavy atom. The zero-order chi connectivity index (χ0) is 21.3. The van der Waals surface area contributed by atoms with Gasteiger partial charge in [0.2, 0.25) is 5.82 Å². The van der Waals surface area contributed by atoms with Gasteiger partial charge in [0.05, 0.1) is 11.1 Å². The third kappa shape index (κ3) is 5.58. The molecule has 2 N–H and O–H groups in total. The van der Waals surface area contributed by atoms with Crippen LogP contribution in [0, 0.1) is 15.9 Å². The second-order valence-corrected chi connectivity index (χ2v) is 5.88. The molecule has 1 aromatic heterocycles. The molecule has 0 bridgehead atoms. The number of carbonyl (C=O) groups excluding carboxylic acids is 1. The molecular formula is C20H16FN5O4. The molecule has 3 aromatic rings. The van der Waals surface area contributed by atoms with Gasteiger partial charge in [0.25, 0.3) is 5.91 Å². The van der Waals surface area contributed by atoms with Gasteiger partial charge in [0.1, 0.15) is 11.6 Å². The minimum atomic E-state index is -0.568. The number of benzene rings is 2. The third-order valence-electron chi connectivity index (χ3n) is 3.76. The van der Waals surface area contributed by atoms with E-state index < -0.39 is 16.6 Å². The van der Waals surface area contributed by atoms with Crippen LogP contribution in [0.1, 0.15) is 5.56 Å². The number of para-hydroxylation sites is 1. The van der Waals surface area contributed by atoms with Crippen LogP contribution in [0.15, 0.2) is 72.0 Å². The fourth-order valence-corrected chi connectivity index (χ4v) is 2.39. The second kappa shape index (κ2) is 9.73. The SMILES string of the molecule is O=C(COc1ccccc1/C=N\Nc1ncccc1[N+](=O)[O-])Nc1ccc(F)cc1. The number of aromatic nitrogens is 1. The molecule has 0 unspecified atom stereocenters. The number of nitrogens with one attached hydrogen (secondary N) is 2. The van der Waals surface area contributed by atoms with E-state index in [1.807, 2.05) is 0 Å². The van der Waals surface area contributed by atoms with Gasteiger partial charge in [-0.1, -0.05) is 12.1 Å². The van der Waals surface area contributed by atoms with Crippen molar-refractivity contribution < 1.29 is 18.8 Å². The summed E-state index contributed by atoms with van der Waals surface area (Å²) >= 11 is 0. The molecule has 0 aliphatic rings. The fourth-order valence-electron chi connectivity index (χ4n) is 2.39. The first kappa shape index (κ1) is 20.4. The number of hydrogen-bond acceptors (Lipinski definition) is 7. The molecule has 1 heterocycles. The van der Waals surface area contributed by atoms with Gasteiger partial charge < -0.3 is 10.1 Å². The van der Waals surface area contributed by atoms with Crippen molar-refractivity contribution in [3.8, 4) is 5.75 Å². The predicted molar refractivity (Wildman–Crippen MR) is 109 cm³/mol. The van der Waals surface area contributed by atoms with E-state index >= 15 is 0 Å². The summed E-state index contributed by atoms with van der Waals surface area (Å²) in [5.41, 5.74) is 3.30. The van der Waals surface area contributed by atoms with Crippen LogP contribution >= 0.6 is 0 Å². The standard InChI is InChI=1S/C20H16FN5O4/c21-15-7-9-16(10-8-15)24-19(27)13-30-18-6-2-1-4-14(18)12-23-25-20-17(26(28)29)5-3-11-22-20/h1-12H,13H2,(H,22,25)(H,24,27)/b23-12-. The normalized spacial score (nSPS) is 10.6. The van der Waals surface area contributed by atoms with E-state index in [1.54, 1.807) is 24.3 Å². The van der Waals surface area contributed by atoms with Gasteiger partial charge in [0.15, 0.2) is 6.61 Å². The van der Waals surface area contributed by atoms with Gasteiger partial charge in [0, 0.05) is 23.5 Å². The minimum absolute atomic E-state index is 0.00387. The molecule has 1 amide bonds. The van der Waals surface area contributed by atoms with Gasteiger partial charge in [-0.15, -0.1) is 0 Å². The summed E-state index contributed by atoms with van der Waals surface area (Å²) in [6.07, 6.45) is 2.80. The van der Waals surface area contributed by atoms with E-state index in [0.717, 1.165) is 0 Å². The van der Waals surface area contributed by atoms with Gasteiger partial charge in [-0.25, -0.2) is 9.37 Å². The molecule has 2 aromatic carbocycles. The largest absolute Gasteiger partial charge is 0.483 e. The highest BCUT2D eigenvalue weighted by Crippen LogP contribution is 2.20. The Morgan fingerprint density at radius 2 is 1.93 bits per heavy atom. The van der Waals surface area contributed by atoms with Crippen molar-refractivity contribution in [1.29, 1.82) is 0 Å². The van der Waals surface area contributed by atoms with Crippen LogP contribution in [0.4, 0.5) is 21.6 Å². The Morgan fingerprint density at radius 3 is 2.70 bits per heavy atom. The van der Waals surface area contributed by atoms with Crippen LogP contribution < -0.4 is 15.5 Å². The quantitative estimate of drug-likeness (QED) is 0.333. The van der Waals surface area contributed by atoms with Crippen molar-refractivity contribution in [2.45, 2.75) is 0 Å². The summed E-state index contributed by atoms with van der Waals surface area (Å²) in [6, 6.07) is 14.9. The van der Waals surface area contributed by atoms with Crippen molar-refractivity contribution in [2.24, 2.45) is 5.10 Å². The summed E-state index contributed by atoms with van der Waals surface area (Å²) < 4.78 is 18.4. The fraction of sp³-hybridized carbons (Fsp3) is 0.0500. The Bertz CT molecular complexity index is 1070. The van der Waals surface area contributed by atoms with Gasteiger partial charge in [-0.2, -0.15) is 5.10 Å². The van der Waals surface area contributed by atoms with Crippen molar-refractivity contribution in [2.75, 3.05) is 17.3 Å². The summed E-state index contributed by atoms with van der Waals surface area (Å²) in [7, 11) is 0. The second-order valence-electron chi connectivity index (χ2n) is 5.88. The summed E-state index contributed by atoms with van der Waals surface area (Å²) in [5.74, 6) is -0.443. The van der Waals surface area contributed by atoms with Crippen LogP contribution in [0.3, 0.4) is 0 Å². The molecule has 0 saturated carbocycles. The maximum Gasteiger partial charge on any atom is 0.313 e. The average molecular weight is 409 g/mol. The van der Waals surface area contributed by atoms with Crippen molar-refractivity contribution in [3.05, 3.63) is 88.4 Å². The molecule has 30 heavy (non-hydrogen) atoms. The number of halogens is 1. The number of rotatable bonds is 8. The van der Waals surface area contributed by atoms with Gasteiger partial charge in [-0.05, 0) is 42.5 Å². The van der Waals surface area contributed by atoms with Crippen LogP contribution in [0.5, 0.6) is 5.75 Å². The van der Waals surface area contributed by atoms with Gasteiger partial charge in [-0.3, -0.25) is 20.3 Å². The number of anilines is 2. The van der Waals surface area contributed by atoms with Crippen molar-refractivity contribution in [1.82, 2.24) is 4.98 Å². The number of pyridine rings is 1. The Labute approximate surface area is 170 Å². The molecule has 3 rings (SSSR count). The number of nitro groups is 1. The van der Waals surface area contributed by atoms with E-state index in [-0.39, 0.29) is 18.1 Å². The molecule has 0 radical (unpaired) electrons. The topological polar surface area (TPSA) is 119 Å². The maximum absolute atomic E-state index is 12.9. The van der Waals surface area contributed by atoms with Gasteiger partial charge >= 0.3 is 5.69 Å². The number of ether oxygens (including phenoxy) is 1. The van der Waals surface area contributed by atoms with Crippen LogP contribution in [0.2, 0.25) is 0 Å². The molecule has 0 spiro atoms.